The van der Waals surface area contributed by atoms with Gasteiger partial charge in [-0.25, -0.2) is 0 Å². The monoisotopic (exact) mass is 220 g/mol. The van der Waals surface area contributed by atoms with Crippen LogP contribution in [0.2, 0.25) is 0 Å². The van der Waals surface area contributed by atoms with E-state index in [1.54, 1.807) is 7.05 Å². The third kappa shape index (κ3) is 3.66. The van der Waals surface area contributed by atoms with Gasteiger partial charge in [0.1, 0.15) is 0 Å². The van der Waals surface area contributed by atoms with Crippen LogP contribution in [0.1, 0.15) is 30.5 Å². The van der Waals surface area contributed by atoms with E-state index >= 15 is 0 Å². The number of aryl methyl sites for hydroxylation is 1. The maximum atomic E-state index is 11.0. The summed E-state index contributed by atoms with van der Waals surface area (Å²) in [5.74, 6) is 0.0736. The van der Waals surface area contributed by atoms with E-state index in [0.717, 1.165) is 0 Å². The molecular formula is C13H20N2O. The molecule has 88 valence electrons. The lowest BCUT2D eigenvalue weighted by Crippen LogP contribution is -2.26. The molecule has 2 N–H and O–H groups in total. The predicted molar refractivity (Wildman–Crippen MR) is 66.3 cm³/mol. The van der Waals surface area contributed by atoms with Gasteiger partial charge in [-0.05, 0) is 25.0 Å². The summed E-state index contributed by atoms with van der Waals surface area (Å²) in [5.41, 5.74) is 2.57. The molecule has 16 heavy (non-hydrogen) atoms. The van der Waals surface area contributed by atoms with E-state index in [1.807, 2.05) is 12.1 Å². The first kappa shape index (κ1) is 12.7. The third-order valence-corrected chi connectivity index (χ3v) is 2.74. The van der Waals surface area contributed by atoms with Crippen molar-refractivity contribution in [3.05, 3.63) is 35.4 Å². The van der Waals surface area contributed by atoms with E-state index in [2.05, 4.69) is 36.6 Å². The normalized spacial score (nSPS) is 12.2. The van der Waals surface area contributed by atoms with Crippen molar-refractivity contribution in [2.24, 2.45) is 0 Å². The van der Waals surface area contributed by atoms with E-state index in [4.69, 9.17) is 0 Å². The molecule has 0 aliphatic carbocycles. The Morgan fingerprint density at radius 1 is 1.38 bits per heavy atom. The van der Waals surface area contributed by atoms with Gasteiger partial charge in [-0.15, -0.1) is 0 Å². The largest absolute Gasteiger partial charge is 0.359 e. The van der Waals surface area contributed by atoms with Gasteiger partial charge in [-0.3, -0.25) is 4.79 Å². The summed E-state index contributed by atoms with van der Waals surface area (Å²) < 4.78 is 0. The average Bonchev–Trinajstić information content (AvgIpc) is 2.29. The first-order valence-corrected chi connectivity index (χ1v) is 5.64. The molecule has 0 spiro atoms. The maximum Gasteiger partial charge on any atom is 0.221 e. The van der Waals surface area contributed by atoms with Crippen LogP contribution in [-0.4, -0.2) is 19.5 Å². The molecule has 0 saturated carbocycles. The van der Waals surface area contributed by atoms with Crippen molar-refractivity contribution >= 4 is 5.91 Å². The van der Waals surface area contributed by atoms with Crippen LogP contribution in [0, 0.1) is 6.92 Å². The van der Waals surface area contributed by atoms with Gasteiger partial charge >= 0.3 is 0 Å². The van der Waals surface area contributed by atoms with Gasteiger partial charge in [0.15, 0.2) is 0 Å². The molecule has 1 aromatic carbocycles. The highest BCUT2D eigenvalue weighted by Gasteiger charge is 2.07. The summed E-state index contributed by atoms with van der Waals surface area (Å²) in [6.07, 6.45) is 0.521. The fourth-order valence-electron chi connectivity index (χ4n) is 1.71. The number of rotatable bonds is 5. The van der Waals surface area contributed by atoms with Gasteiger partial charge in [0.2, 0.25) is 5.91 Å². The summed E-state index contributed by atoms with van der Waals surface area (Å²) in [7, 11) is 1.66. The number of carbonyl (C=O) groups excluding carboxylic acids is 1. The molecule has 1 atom stereocenters. The molecule has 0 bridgehead atoms. The van der Waals surface area contributed by atoms with Crippen LogP contribution in [0.3, 0.4) is 0 Å². The van der Waals surface area contributed by atoms with Crippen molar-refractivity contribution in [2.75, 3.05) is 13.6 Å². The van der Waals surface area contributed by atoms with Gasteiger partial charge < -0.3 is 10.6 Å². The first-order valence-electron chi connectivity index (χ1n) is 5.64. The molecule has 0 heterocycles. The highest BCUT2D eigenvalue weighted by Crippen LogP contribution is 2.16. The summed E-state index contributed by atoms with van der Waals surface area (Å²) >= 11 is 0. The van der Waals surface area contributed by atoms with Gasteiger partial charge in [-0.2, -0.15) is 0 Å². The van der Waals surface area contributed by atoms with Crippen molar-refractivity contribution in [3.63, 3.8) is 0 Å². The SMILES string of the molecule is CNC(=O)CCN[C@H](C)c1ccccc1C. The van der Waals surface area contributed by atoms with Crippen LogP contribution < -0.4 is 10.6 Å². The molecule has 0 aromatic heterocycles. The molecule has 0 radical (unpaired) electrons. The second-order valence-electron chi connectivity index (χ2n) is 3.96. The molecule has 0 saturated heterocycles. The lowest BCUT2D eigenvalue weighted by Gasteiger charge is -2.16. The van der Waals surface area contributed by atoms with E-state index in [9.17, 15) is 4.79 Å². The minimum absolute atomic E-state index is 0.0736. The molecular weight excluding hydrogens is 200 g/mol. The van der Waals surface area contributed by atoms with Crippen molar-refractivity contribution < 1.29 is 4.79 Å². The van der Waals surface area contributed by atoms with Crippen molar-refractivity contribution in [2.45, 2.75) is 26.3 Å². The zero-order chi connectivity index (χ0) is 12.0. The Labute approximate surface area is 97.2 Å². The molecule has 0 unspecified atom stereocenters. The number of benzene rings is 1. The quantitative estimate of drug-likeness (QED) is 0.794. The predicted octanol–water partition coefficient (Wildman–Crippen LogP) is 1.78. The van der Waals surface area contributed by atoms with Crippen molar-refractivity contribution in [1.29, 1.82) is 0 Å². The Morgan fingerprint density at radius 2 is 2.06 bits per heavy atom. The summed E-state index contributed by atoms with van der Waals surface area (Å²) in [4.78, 5) is 11.0. The van der Waals surface area contributed by atoms with Gasteiger partial charge in [0.05, 0.1) is 0 Å². The minimum atomic E-state index is 0.0736. The number of hydrogen-bond acceptors (Lipinski definition) is 2. The van der Waals surface area contributed by atoms with Crippen LogP contribution in [-0.2, 0) is 4.79 Å². The van der Waals surface area contributed by atoms with Crippen LogP contribution in [0.15, 0.2) is 24.3 Å². The maximum absolute atomic E-state index is 11.0. The van der Waals surface area contributed by atoms with Crippen LogP contribution in [0.25, 0.3) is 0 Å². The minimum Gasteiger partial charge on any atom is -0.359 e. The van der Waals surface area contributed by atoms with E-state index < -0.39 is 0 Å². The smallest absolute Gasteiger partial charge is 0.221 e. The van der Waals surface area contributed by atoms with Crippen LogP contribution in [0.4, 0.5) is 0 Å². The molecule has 3 heteroatoms. The zero-order valence-electron chi connectivity index (χ0n) is 10.2. The second kappa shape index (κ2) is 6.28. The number of nitrogens with one attached hydrogen (secondary N) is 2. The summed E-state index contributed by atoms with van der Waals surface area (Å²) in [6.45, 7) is 4.92. The number of carbonyl (C=O) groups is 1. The van der Waals surface area contributed by atoms with E-state index in [1.165, 1.54) is 11.1 Å². The van der Waals surface area contributed by atoms with E-state index in [-0.39, 0.29) is 11.9 Å². The molecule has 3 nitrogen and oxygen atoms in total. The topological polar surface area (TPSA) is 41.1 Å². The average molecular weight is 220 g/mol. The Morgan fingerprint density at radius 3 is 2.69 bits per heavy atom. The van der Waals surface area contributed by atoms with E-state index in [0.29, 0.717) is 13.0 Å². The molecule has 1 rings (SSSR count). The number of hydrogen-bond donors (Lipinski definition) is 2. The first-order chi connectivity index (χ1) is 7.65. The fourth-order valence-corrected chi connectivity index (χ4v) is 1.71. The van der Waals surface area contributed by atoms with Crippen molar-refractivity contribution in [3.8, 4) is 0 Å². The highest BCUT2D eigenvalue weighted by molar-refractivity contribution is 5.75. The lowest BCUT2D eigenvalue weighted by atomic mass is 10.0. The third-order valence-electron chi connectivity index (χ3n) is 2.74. The molecule has 0 fully saturated rings. The fraction of sp³-hybridized carbons (Fsp3) is 0.462. The summed E-state index contributed by atoms with van der Waals surface area (Å²) in [5, 5.41) is 5.96. The molecule has 0 aliphatic rings. The molecule has 1 amide bonds. The zero-order valence-corrected chi connectivity index (χ0v) is 10.2. The molecule has 0 aliphatic heterocycles. The van der Waals surface area contributed by atoms with Gasteiger partial charge in [0.25, 0.3) is 0 Å². The van der Waals surface area contributed by atoms with Gasteiger partial charge in [0, 0.05) is 26.1 Å². The standard InChI is InChI=1S/C13H20N2O/c1-10-6-4-5-7-12(10)11(2)15-9-8-13(16)14-3/h4-7,11,15H,8-9H2,1-3H3,(H,14,16)/t11-/m1/s1. The Kier molecular flexibility index (Phi) is 4.99. The Bertz CT molecular complexity index is 350. The second-order valence-corrected chi connectivity index (χ2v) is 3.96. The lowest BCUT2D eigenvalue weighted by molar-refractivity contribution is -0.120. The molecule has 1 aromatic rings. The number of amides is 1. The highest BCUT2D eigenvalue weighted by atomic mass is 16.1. The Hall–Kier alpha value is -1.35. The van der Waals surface area contributed by atoms with Crippen LogP contribution in [0.5, 0.6) is 0 Å². The Balaban J connectivity index is 2.44. The van der Waals surface area contributed by atoms with Gasteiger partial charge in [-0.1, -0.05) is 24.3 Å². The summed E-state index contributed by atoms with van der Waals surface area (Å²) in [6, 6.07) is 8.58. The van der Waals surface area contributed by atoms with Crippen molar-refractivity contribution in [1.82, 2.24) is 10.6 Å². The van der Waals surface area contributed by atoms with Crippen LogP contribution >= 0.6 is 0 Å².